The molecule has 0 aromatic heterocycles. The van der Waals surface area contributed by atoms with E-state index in [1.165, 1.54) is 6.92 Å². The third-order valence-electron chi connectivity index (χ3n) is 2.88. The molecule has 0 saturated carbocycles. The molecule has 0 spiro atoms. The van der Waals surface area contributed by atoms with E-state index in [9.17, 15) is 4.79 Å². The number of carbonyl (C=O) groups is 1. The predicted molar refractivity (Wildman–Crippen MR) is 62.8 cm³/mol. The second-order valence-electron chi connectivity index (χ2n) is 5.14. The van der Waals surface area contributed by atoms with Crippen LogP contribution in [0.5, 0.6) is 0 Å². The van der Waals surface area contributed by atoms with E-state index >= 15 is 0 Å². The first-order valence-corrected chi connectivity index (χ1v) is 5.57. The van der Waals surface area contributed by atoms with Gasteiger partial charge in [0.15, 0.2) is 0 Å². The Morgan fingerprint density at radius 3 is 2.13 bits per heavy atom. The zero-order chi connectivity index (χ0) is 12.2. The molecule has 90 valence electrons. The normalized spacial score (nSPS) is 14.5. The van der Waals surface area contributed by atoms with Gasteiger partial charge >= 0.3 is 5.97 Å². The second-order valence-corrected chi connectivity index (χ2v) is 5.14. The molecule has 0 bridgehead atoms. The van der Waals surface area contributed by atoms with E-state index in [0.29, 0.717) is 6.04 Å². The van der Waals surface area contributed by atoms with E-state index in [1.807, 2.05) is 6.92 Å². The van der Waals surface area contributed by atoms with Crippen molar-refractivity contribution in [3.8, 4) is 0 Å². The van der Waals surface area contributed by atoms with Gasteiger partial charge in [0, 0.05) is 24.9 Å². The lowest BCUT2D eigenvalue weighted by molar-refractivity contribution is -0.147. The van der Waals surface area contributed by atoms with E-state index in [2.05, 4.69) is 39.6 Å². The summed E-state index contributed by atoms with van der Waals surface area (Å²) in [6.45, 7) is 12.1. The summed E-state index contributed by atoms with van der Waals surface area (Å²) in [6, 6.07) is 0.490. The Morgan fingerprint density at radius 1 is 1.33 bits per heavy atom. The van der Waals surface area contributed by atoms with Crippen LogP contribution in [0.1, 0.15) is 48.0 Å². The summed E-state index contributed by atoms with van der Waals surface area (Å²) in [6.07, 6.45) is 0.819. The molecule has 0 aliphatic rings. The second kappa shape index (κ2) is 5.50. The van der Waals surface area contributed by atoms with E-state index < -0.39 is 0 Å². The van der Waals surface area contributed by atoms with Gasteiger partial charge in [-0.15, -0.1) is 0 Å². The molecule has 0 aromatic rings. The van der Waals surface area contributed by atoms with Gasteiger partial charge in [-0.3, -0.25) is 9.69 Å². The molecule has 0 aliphatic heterocycles. The van der Waals surface area contributed by atoms with Crippen molar-refractivity contribution in [2.45, 2.75) is 65.6 Å². The van der Waals surface area contributed by atoms with Crippen molar-refractivity contribution in [3.05, 3.63) is 0 Å². The van der Waals surface area contributed by atoms with Gasteiger partial charge in [-0.2, -0.15) is 0 Å². The van der Waals surface area contributed by atoms with Gasteiger partial charge in [0.25, 0.3) is 0 Å². The van der Waals surface area contributed by atoms with Gasteiger partial charge in [-0.1, -0.05) is 0 Å². The summed E-state index contributed by atoms with van der Waals surface area (Å²) in [5.41, 5.74) is 0.0447. The minimum Gasteiger partial charge on any atom is -0.463 e. The summed E-state index contributed by atoms with van der Waals surface area (Å²) in [5.74, 6) is -0.203. The quantitative estimate of drug-likeness (QED) is 0.660. The van der Waals surface area contributed by atoms with Crippen molar-refractivity contribution >= 4 is 5.97 Å². The molecule has 0 radical (unpaired) electrons. The molecule has 3 nitrogen and oxygen atoms in total. The Labute approximate surface area is 93.8 Å². The summed E-state index contributed by atoms with van der Waals surface area (Å²) < 4.78 is 5.15. The Hall–Kier alpha value is -0.570. The first-order chi connectivity index (χ1) is 6.66. The van der Waals surface area contributed by atoms with Crippen LogP contribution in [0.4, 0.5) is 0 Å². The Bertz CT molecular complexity index is 212. The topological polar surface area (TPSA) is 29.5 Å². The smallest absolute Gasteiger partial charge is 0.302 e. The SMILES string of the molecule is CC(=O)OC(C)CC(C)(C)N(C)C(C)C. The lowest BCUT2D eigenvalue weighted by Gasteiger charge is -2.40. The first kappa shape index (κ1) is 14.4. The van der Waals surface area contributed by atoms with Crippen molar-refractivity contribution in [1.82, 2.24) is 4.90 Å². The van der Waals surface area contributed by atoms with Gasteiger partial charge in [-0.25, -0.2) is 0 Å². The number of rotatable bonds is 5. The molecule has 0 aromatic carbocycles. The molecule has 0 aliphatic carbocycles. The molecule has 0 rings (SSSR count). The molecule has 1 unspecified atom stereocenters. The first-order valence-electron chi connectivity index (χ1n) is 5.57. The highest BCUT2D eigenvalue weighted by Gasteiger charge is 2.28. The van der Waals surface area contributed by atoms with Crippen molar-refractivity contribution in [2.75, 3.05) is 7.05 Å². The maximum atomic E-state index is 10.8. The van der Waals surface area contributed by atoms with Crippen LogP contribution in [0.25, 0.3) is 0 Å². The number of hydrogen-bond donors (Lipinski definition) is 0. The fourth-order valence-corrected chi connectivity index (χ4v) is 1.87. The Morgan fingerprint density at radius 2 is 1.80 bits per heavy atom. The molecule has 1 atom stereocenters. The van der Waals surface area contributed by atoms with Crippen molar-refractivity contribution < 1.29 is 9.53 Å². The minimum absolute atomic E-state index is 0.0290. The van der Waals surface area contributed by atoms with E-state index in [4.69, 9.17) is 4.74 Å². The zero-order valence-corrected chi connectivity index (χ0v) is 11.1. The van der Waals surface area contributed by atoms with Crippen LogP contribution in [0.2, 0.25) is 0 Å². The number of esters is 1. The van der Waals surface area contributed by atoms with Gasteiger partial charge in [0.05, 0.1) is 0 Å². The summed E-state index contributed by atoms with van der Waals surface area (Å²) in [5, 5.41) is 0. The predicted octanol–water partition coefficient (Wildman–Crippen LogP) is 2.45. The summed E-state index contributed by atoms with van der Waals surface area (Å²) >= 11 is 0. The van der Waals surface area contributed by atoms with Gasteiger partial charge in [-0.05, 0) is 41.7 Å². The third-order valence-corrected chi connectivity index (χ3v) is 2.88. The fourth-order valence-electron chi connectivity index (χ4n) is 1.87. The van der Waals surface area contributed by atoms with Crippen LogP contribution in [-0.2, 0) is 9.53 Å². The number of carbonyl (C=O) groups excluding carboxylic acids is 1. The van der Waals surface area contributed by atoms with Crippen LogP contribution >= 0.6 is 0 Å². The molecular formula is C12H25NO2. The lowest BCUT2D eigenvalue weighted by Crippen LogP contribution is -2.47. The van der Waals surface area contributed by atoms with Crippen molar-refractivity contribution in [2.24, 2.45) is 0 Å². The zero-order valence-electron chi connectivity index (χ0n) is 11.1. The molecule has 3 heteroatoms. The number of nitrogens with zero attached hydrogens (tertiary/aromatic N) is 1. The molecule has 15 heavy (non-hydrogen) atoms. The van der Waals surface area contributed by atoms with Crippen molar-refractivity contribution in [1.29, 1.82) is 0 Å². The third kappa shape index (κ3) is 5.17. The monoisotopic (exact) mass is 215 g/mol. The number of hydrogen-bond acceptors (Lipinski definition) is 3. The molecule has 0 heterocycles. The van der Waals surface area contributed by atoms with E-state index in [0.717, 1.165) is 6.42 Å². The standard InChI is InChI=1S/C12H25NO2/c1-9(2)13(7)12(5,6)8-10(3)15-11(4)14/h9-10H,8H2,1-7H3. The van der Waals surface area contributed by atoms with Gasteiger partial charge in [0.1, 0.15) is 6.10 Å². The summed E-state index contributed by atoms with van der Waals surface area (Å²) in [4.78, 5) is 13.1. The lowest BCUT2D eigenvalue weighted by atomic mass is 9.94. The highest BCUT2D eigenvalue weighted by Crippen LogP contribution is 2.22. The van der Waals surface area contributed by atoms with Crippen LogP contribution in [0.15, 0.2) is 0 Å². The fraction of sp³-hybridized carbons (Fsp3) is 0.917. The highest BCUT2D eigenvalue weighted by atomic mass is 16.5. The van der Waals surface area contributed by atoms with Gasteiger partial charge < -0.3 is 4.74 Å². The summed E-state index contributed by atoms with van der Waals surface area (Å²) in [7, 11) is 2.10. The Kier molecular flexibility index (Phi) is 5.29. The van der Waals surface area contributed by atoms with Crippen LogP contribution in [0.3, 0.4) is 0 Å². The van der Waals surface area contributed by atoms with E-state index in [-0.39, 0.29) is 17.6 Å². The van der Waals surface area contributed by atoms with E-state index in [1.54, 1.807) is 0 Å². The molecular weight excluding hydrogens is 190 g/mol. The maximum Gasteiger partial charge on any atom is 0.302 e. The van der Waals surface area contributed by atoms with Gasteiger partial charge in [0.2, 0.25) is 0 Å². The highest BCUT2D eigenvalue weighted by molar-refractivity contribution is 5.66. The molecule has 0 amide bonds. The maximum absolute atomic E-state index is 10.8. The molecule has 0 N–H and O–H groups in total. The molecule has 0 fully saturated rings. The largest absolute Gasteiger partial charge is 0.463 e. The van der Waals surface area contributed by atoms with Crippen LogP contribution in [-0.4, -0.2) is 35.6 Å². The molecule has 0 saturated heterocycles. The Balaban J connectivity index is 4.29. The van der Waals surface area contributed by atoms with Crippen molar-refractivity contribution in [3.63, 3.8) is 0 Å². The average molecular weight is 215 g/mol. The number of ether oxygens (including phenoxy) is 1. The van der Waals surface area contributed by atoms with Crippen LogP contribution in [0, 0.1) is 0 Å². The van der Waals surface area contributed by atoms with Crippen LogP contribution < -0.4 is 0 Å². The average Bonchev–Trinajstić information content (AvgIpc) is 1.99. The minimum atomic E-state index is -0.203.